The average Bonchev–Trinajstić information content (AvgIpc) is 2.10. The Labute approximate surface area is 75.9 Å². The quantitative estimate of drug-likeness (QED) is 0.568. The zero-order valence-electron chi connectivity index (χ0n) is 8.80. The van der Waals surface area contributed by atoms with Crippen molar-refractivity contribution in [2.75, 3.05) is 20.1 Å². The Morgan fingerprint density at radius 3 is 2.67 bits per heavy atom. The monoisotopic (exact) mass is 169 g/mol. The van der Waals surface area contributed by atoms with Crippen molar-refractivity contribution >= 4 is 5.84 Å². The highest BCUT2D eigenvalue weighted by atomic mass is 15.3. The van der Waals surface area contributed by atoms with E-state index in [4.69, 9.17) is 0 Å². The van der Waals surface area contributed by atoms with Gasteiger partial charge < -0.3 is 0 Å². The second-order valence-corrected chi connectivity index (χ2v) is 3.59. The summed E-state index contributed by atoms with van der Waals surface area (Å²) in [6.45, 7) is 9.11. The van der Waals surface area contributed by atoms with Crippen molar-refractivity contribution in [1.82, 2.24) is 4.90 Å². The highest BCUT2D eigenvalue weighted by molar-refractivity contribution is 5.75. The first-order valence-electron chi connectivity index (χ1n) is 5.02. The van der Waals surface area contributed by atoms with Gasteiger partial charge >= 0.3 is 0 Å². The van der Waals surface area contributed by atoms with E-state index in [0.717, 1.165) is 12.6 Å². The molecule has 0 saturated carbocycles. The van der Waals surface area contributed by atoms with Gasteiger partial charge in [0.1, 0.15) is 0 Å². The lowest BCUT2D eigenvalue weighted by Crippen LogP contribution is -2.45. The van der Waals surface area contributed by atoms with Crippen LogP contribution >= 0.6 is 0 Å². The number of hydrogen-bond donors (Lipinski definition) is 0. The van der Waals surface area contributed by atoms with Gasteiger partial charge in [-0.2, -0.15) is 0 Å². The molecule has 1 unspecified atom stereocenters. The standard InChI is InChI=1S/C10H21N2/c1-5-10-7-8-12(6-2)9(3)11(10)4/h10H,5-8H2,1-4H3/q+1. The van der Waals surface area contributed by atoms with E-state index >= 15 is 0 Å². The SMILES string of the molecule is CCC1CCN(CC)C(C)=[N+]1C. The van der Waals surface area contributed by atoms with Crippen LogP contribution in [-0.4, -0.2) is 41.5 Å². The summed E-state index contributed by atoms with van der Waals surface area (Å²) in [6, 6.07) is 0.771. The van der Waals surface area contributed by atoms with Crippen molar-refractivity contribution in [3.05, 3.63) is 0 Å². The minimum Gasteiger partial charge on any atom is -0.266 e. The molecular weight excluding hydrogens is 148 g/mol. The topological polar surface area (TPSA) is 6.25 Å². The Hall–Kier alpha value is -0.530. The van der Waals surface area contributed by atoms with E-state index in [1.165, 1.54) is 25.2 Å². The molecule has 12 heavy (non-hydrogen) atoms. The molecule has 0 bridgehead atoms. The van der Waals surface area contributed by atoms with Crippen molar-refractivity contribution in [2.45, 2.75) is 39.7 Å². The summed E-state index contributed by atoms with van der Waals surface area (Å²) >= 11 is 0. The minimum atomic E-state index is 0.771. The number of hydrogen-bond acceptors (Lipinski definition) is 1. The van der Waals surface area contributed by atoms with Crippen molar-refractivity contribution in [3.63, 3.8) is 0 Å². The average molecular weight is 169 g/mol. The molecule has 1 aliphatic rings. The molecule has 0 saturated heterocycles. The molecule has 2 nitrogen and oxygen atoms in total. The highest BCUT2D eigenvalue weighted by Crippen LogP contribution is 2.10. The summed E-state index contributed by atoms with van der Waals surface area (Å²) in [5, 5.41) is 0. The number of nitrogens with zero attached hydrogens (tertiary/aromatic N) is 2. The smallest absolute Gasteiger partial charge is 0.243 e. The second kappa shape index (κ2) is 3.92. The molecule has 0 aromatic rings. The van der Waals surface area contributed by atoms with Gasteiger partial charge in [0.2, 0.25) is 5.84 Å². The van der Waals surface area contributed by atoms with Crippen molar-refractivity contribution in [2.24, 2.45) is 0 Å². The van der Waals surface area contributed by atoms with Gasteiger partial charge in [0.25, 0.3) is 0 Å². The van der Waals surface area contributed by atoms with Crippen LogP contribution in [0, 0.1) is 0 Å². The molecule has 0 aromatic heterocycles. The maximum absolute atomic E-state index is 2.45. The van der Waals surface area contributed by atoms with Crippen LogP contribution in [0.3, 0.4) is 0 Å². The first kappa shape index (κ1) is 9.56. The van der Waals surface area contributed by atoms with Crippen molar-refractivity contribution in [3.8, 4) is 0 Å². The van der Waals surface area contributed by atoms with Gasteiger partial charge in [-0.3, -0.25) is 9.48 Å². The van der Waals surface area contributed by atoms with Gasteiger partial charge in [-0.05, 0) is 13.3 Å². The number of rotatable bonds is 2. The Kier molecular flexibility index (Phi) is 3.12. The summed E-state index contributed by atoms with van der Waals surface area (Å²) in [5.41, 5.74) is 0. The summed E-state index contributed by atoms with van der Waals surface area (Å²) in [4.78, 5) is 2.45. The van der Waals surface area contributed by atoms with E-state index in [-0.39, 0.29) is 0 Å². The summed E-state index contributed by atoms with van der Waals surface area (Å²) in [5.74, 6) is 1.44. The van der Waals surface area contributed by atoms with E-state index in [2.05, 4.69) is 37.3 Å². The van der Waals surface area contributed by atoms with Crippen LogP contribution in [-0.2, 0) is 0 Å². The Bertz CT molecular complexity index is 164. The van der Waals surface area contributed by atoms with E-state index in [0.29, 0.717) is 0 Å². The van der Waals surface area contributed by atoms with E-state index < -0.39 is 0 Å². The Morgan fingerprint density at radius 1 is 1.50 bits per heavy atom. The van der Waals surface area contributed by atoms with Crippen LogP contribution in [0.4, 0.5) is 0 Å². The van der Waals surface area contributed by atoms with Crippen LogP contribution in [0.2, 0.25) is 0 Å². The summed E-state index contributed by atoms with van der Waals surface area (Å²) < 4.78 is 2.42. The van der Waals surface area contributed by atoms with Gasteiger partial charge in [0.15, 0.2) is 0 Å². The molecule has 0 radical (unpaired) electrons. The van der Waals surface area contributed by atoms with Gasteiger partial charge in [-0.1, -0.05) is 6.92 Å². The van der Waals surface area contributed by atoms with Crippen molar-refractivity contribution in [1.29, 1.82) is 0 Å². The maximum atomic E-state index is 2.45. The fourth-order valence-electron chi connectivity index (χ4n) is 2.01. The highest BCUT2D eigenvalue weighted by Gasteiger charge is 2.26. The molecular formula is C10H21N2+. The van der Waals surface area contributed by atoms with E-state index in [1.54, 1.807) is 0 Å². The lowest BCUT2D eigenvalue weighted by Gasteiger charge is -2.28. The third-order valence-electron chi connectivity index (χ3n) is 3.10. The van der Waals surface area contributed by atoms with Gasteiger partial charge in [0, 0.05) is 13.3 Å². The van der Waals surface area contributed by atoms with Gasteiger partial charge in [-0.25, -0.2) is 0 Å². The predicted molar refractivity (Wildman–Crippen MR) is 52.8 cm³/mol. The molecule has 1 aliphatic heterocycles. The van der Waals surface area contributed by atoms with Crippen LogP contribution in [0.15, 0.2) is 0 Å². The number of amidine groups is 1. The normalized spacial score (nSPS) is 25.0. The fraction of sp³-hybridized carbons (Fsp3) is 0.900. The molecule has 0 aliphatic carbocycles. The van der Waals surface area contributed by atoms with Crippen LogP contribution in [0.1, 0.15) is 33.6 Å². The molecule has 1 heterocycles. The van der Waals surface area contributed by atoms with Crippen molar-refractivity contribution < 1.29 is 4.58 Å². The molecule has 70 valence electrons. The molecule has 1 atom stereocenters. The summed E-state index contributed by atoms with van der Waals surface area (Å²) in [6.07, 6.45) is 2.59. The zero-order chi connectivity index (χ0) is 9.14. The lowest BCUT2D eigenvalue weighted by atomic mass is 10.1. The van der Waals surface area contributed by atoms with Gasteiger partial charge in [-0.15, -0.1) is 0 Å². The van der Waals surface area contributed by atoms with Crippen LogP contribution < -0.4 is 0 Å². The lowest BCUT2D eigenvalue weighted by molar-refractivity contribution is -0.550. The fourth-order valence-corrected chi connectivity index (χ4v) is 2.01. The minimum absolute atomic E-state index is 0.771. The Morgan fingerprint density at radius 2 is 2.17 bits per heavy atom. The molecule has 2 heteroatoms. The van der Waals surface area contributed by atoms with E-state index in [1.807, 2.05) is 0 Å². The molecule has 0 fully saturated rings. The first-order valence-corrected chi connectivity index (χ1v) is 5.02. The predicted octanol–water partition coefficient (Wildman–Crippen LogP) is 1.55. The zero-order valence-corrected chi connectivity index (χ0v) is 8.80. The largest absolute Gasteiger partial charge is 0.266 e. The Balaban J connectivity index is 2.77. The maximum Gasteiger partial charge on any atom is 0.243 e. The third kappa shape index (κ3) is 1.62. The molecule has 0 spiro atoms. The second-order valence-electron chi connectivity index (χ2n) is 3.59. The van der Waals surface area contributed by atoms with Crippen LogP contribution in [0.5, 0.6) is 0 Å². The third-order valence-corrected chi connectivity index (χ3v) is 3.10. The molecule has 0 amide bonds. The van der Waals surface area contributed by atoms with Gasteiger partial charge in [0.05, 0.1) is 26.2 Å². The summed E-state index contributed by atoms with van der Waals surface area (Å²) in [7, 11) is 2.21. The van der Waals surface area contributed by atoms with Crippen LogP contribution in [0.25, 0.3) is 0 Å². The first-order chi connectivity index (χ1) is 5.70. The molecule has 0 N–H and O–H groups in total. The van der Waals surface area contributed by atoms with E-state index in [9.17, 15) is 0 Å². The molecule has 1 rings (SSSR count). The molecule has 0 aromatic carbocycles.